The van der Waals surface area contributed by atoms with Gasteiger partial charge in [-0.15, -0.1) is 0 Å². The first-order valence-electron chi connectivity index (χ1n) is 9.35. The molecule has 3 unspecified atom stereocenters. The molecule has 5 rings (SSSR count). The van der Waals surface area contributed by atoms with Crippen molar-refractivity contribution in [1.29, 1.82) is 0 Å². The lowest BCUT2D eigenvalue weighted by Crippen LogP contribution is -2.42. The van der Waals surface area contributed by atoms with Crippen LogP contribution in [-0.2, 0) is 0 Å². The Hall–Kier alpha value is -2.54. The first kappa shape index (κ1) is 16.6. The van der Waals surface area contributed by atoms with E-state index in [0.717, 1.165) is 37.2 Å². The van der Waals surface area contributed by atoms with Crippen molar-refractivity contribution in [2.24, 2.45) is 5.92 Å². The minimum atomic E-state index is -0.890. The fraction of sp³-hybridized carbons (Fsp3) is 0.400. The van der Waals surface area contributed by atoms with E-state index in [1.165, 1.54) is 5.56 Å². The second kappa shape index (κ2) is 6.27. The van der Waals surface area contributed by atoms with E-state index in [-0.39, 0.29) is 23.9 Å². The van der Waals surface area contributed by atoms with Crippen LogP contribution in [0.25, 0.3) is 0 Å². The molecule has 140 valence electrons. The van der Waals surface area contributed by atoms with Crippen LogP contribution in [0.5, 0.6) is 0 Å². The van der Waals surface area contributed by atoms with Gasteiger partial charge in [0, 0.05) is 36.8 Å². The Kier molecular flexibility index (Phi) is 3.86. The molecule has 0 saturated carbocycles. The van der Waals surface area contributed by atoms with E-state index < -0.39 is 6.09 Å². The average molecular weight is 383 g/mol. The molecular weight excluding hydrogens is 362 g/mol. The molecule has 3 aliphatic heterocycles. The van der Waals surface area contributed by atoms with E-state index in [1.807, 2.05) is 23.1 Å². The number of carbonyl (C=O) groups excluding carboxylic acids is 1. The van der Waals surface area contributed by atoms with E-state index >= 15 is 0 Å². The highest BCUT2D eigenvalue weighted by Crippen LogP contribution is 2.51. The highest BCUT2D eigenvalue weighted by Gasteiger charge is 2.46. The van der Waals surface area contributed by atoms with E-state index in [0.29, 0.717) is 12.1 Å². The summed E-state index contributed by atoms with van der Waals surface area (Å²) in [7, 11) is 0. The summed E-state index contributed by atoms with van der Waals surface area (Å²) in [6, 6.07) is 7.69. The summed E-state index contributed by atoms with van der Waals surface area (Å²) >= 11 is 1.65. The van der Waals surface area contributed by atoms with Crippen LogP contribution in [0.3, 0.4) is 0 Å². The molecule has 2 amide bonds. The highest BCUT2D eigenvalue weighted by molar-refractivity contribution is 7.08. The number of amides is 2. The van der Waals surface area contributed by atoms with Crippen LogP contribution in [0.15, 0.2) is 35.0 Å². The molecule has 0 aliphatic carbocycles. The molecule has 6 nitrogen and oxygen atoms in total. The first-order chi connectivity index (χ1) is 13.1. The predicted octanol–water partition coefficient (Wildman–Crippen LogP) is 3.80. The van der Waals surface area contributed by atoms with E-state index in [2.05, 4.69) is 22.1 Å². The van der Waals surface area contributed by atoms with Gasteiger partial charge in [-0.05, 0) is 59.0 Å². The molecule has 1 aromatic heterocycles. The highest BCUT2D eigenvalue weighted by atomic mass is 32.1. The Labute approximate surface area is 161 Å². The molecule has 0 bridgehead atoms. The maximum Gasteiger partial charge on any atom is 0.407 e. The summed E-state index contributed by atoms with van der Waals surface area (Å²) in [5, 5.41) is 17.5. The monoisotopic (exact) mass is 383 g/mol. The summed E-state index contributed by atoms with van der Waals surface area (Å²) in [4.78, 5) is 27.9. The Bertz CT molecular complexity index is 894. The van der Waals surface area contributed by atoms with Crippen LogP contribution in [-0.4, -0.2) is 46.5 Å². The second-order valence-electron chi connectivity index (χ2n) is 7.50. The van der Waals surface area contributed by atoms with Crippen LogP contribution in [0.2, 0.25) is 0 Å². The van der Waals surface area contributed by atoms with Gasteiger partial charge in [0.25, 0.3) is 5.91 Å². The number of carbonyl (C=O) groups is 2. The molecule has 1 aromatic carbocycles. The molecule has 3 atom stereocenters. The van der Waals surface area contributed by atoms with Crippen molar-refractivity contribution in [3.63, 3.8) is 0 Å². The maximum atomic E-state index is 12.6. The van der Waals surface area contributed by atoms with Crippen molar-refractivity contribution in [2.45, 2.75) is 24.9 Å². The van der Waals surface area contributed by atoms with Crippen LogP contribution in [0.1, 0.15) is 46.4 Å². The number of nitrogens with zero attached hydrogens (tertiary/aromatic N) is 2. The lowest BCUT2D eigenvalue weighted by molar-refractivity contribution is 0.0651. The van der Waals surface area contributed by atoms with Crippen LogP contribution >= 0.6 is 11.3 Å². The van der Waals surface area contributed by atoms with Gasteiger partial charge in [0.15, 0.2) is 0 Å². The number of benzene rings is 1. The molecule has 4 heterocycles. The lowest BCUT2D eigenvalue weighted by atomic mass is 9.80. The average Bonchev–Trinajstić information content (AvgIpc) is 3.29. The summed E-state index contributed by atoms with van der Waals surface area (Å²) in [6.45, 7) is 2.14. The fourth-order valence-corrected chi connectivity index (χ4v) is 5.31. The van der Waals surface area contributed by atoms with Crippen molar-refractivity contribution in [3.8, 4) is 0 Å². The van der Waals surface area contributed by atoms with Crippen LogP contribution < -0.4 is 5.32 Å². The molecule has 7 heteroatoms. The van der Waals surface area contributed by atoms with Crippen molar-refractivity contribution in [3.05, 3.63) is 51.7 Å². The number of fused-ring (bicyclic) bond motifs is 3. The van der Waals surface area contributed by atoms with Gasteiger partial charge in [0.2, 0.25) is 0 Å². The quantitative estimate of drug-likeness (QED) is 0.827. The maximum absolute atomic E-state index is 12.6. The number of anilines is 1. The minimum absolute atomic E-state index is 0.0421. The van der Waals surface area contributed by atoms with Crippen LogP contribution in [0, 0.1) is 5.92 Å². The number of likely N-dealkylation sites (tertiary alicyclic amines) is 2. The van der Waals surface area contributed by atoms with Gasteiger partial charge >= 0.3 is 6.09 Å². The summed E-state index contributed by atoms with van der Waals surface area (Å²) in [5.41, 5.74) is 3.72. The Morgan fingerprint density at radius 2 is 2.04 bits per heavy atom. The number of nitrogens with one attached hydrogen (secondary N) is 1. The molecule has 3 aliphatic rings. The molecule has 0 radical (unpaired) electrons. The number of hydrogen-bond donors (Lipinski definition) is 2. The third-order valence-corrected chi connectivity index (χ3v) is 6.79. The van der Waals surface area contributed by atoms with E-state index in [9.17, 15) is 14.7 Å². The summed E-state index contributed by atoms with van der Waals surface area (Å²) in [5.74, 6) is 0.206. The third kappa shape index (κ3) is 2.60. The Balaban J connectivity index is 1.57. The van der Waals surface area contributed by atoms with Gasteiger partial charge < -0.3 is 20.2 Å². The number of thiophene rings is 1. The zero-order valence-corrected chi connectivity index (χ0v) is 15.6. The number of carboxylic acid groups (broad SMARTS) is 1. The van der Waals surface area contributed by atoms with Crippen LogP contribution in [0.4, 0.5) is 10.5 Å². The standard InChI is InChI=1S/C20H21N3O3S/c24-19(22-6-1-7-22)12-2-3-16-15(10-12)18-14(4-8-23(18)20(25)26)17(21-16)13-5-9-27-11-13/h2-3,5,9-11,14,17-18,21H,1,4,6-8H2,(H,25,26). The Morgan fingerprint density at radius 1 is 1.19 bits per heavy atom. The predicted molar refractivity (Wildman–Crippen MR) is 103 cm³/mol. The number of hydrogen-bond acceptors (Lipinski definition) is 4. The van der Waals surface area contributed by atoms with Gasteiger partial charge in [-0.25, -0.2) is 4.79 Å². The first-order valence-corrected chi connectivity index (χ1v) is 10.3. The lowest BCUT2D eigenvalue weighted by Gasteiger charge is -2.39. The van der Waals surface area contributed by atoms with Crippen molar-refractivity contribution >= 4 is 29.0 Å². The SMILES string of the molecule is O=C(c1ccc2c(c1)C1C(CCN1C(=O)O)C(c1ccsc1)N2)N1CCC1. The molecule has 2 N–H and O–H groups in total. The number of rotatable bonds is 2. The zero-order valence-electron chi connectivity index (χ0n) is 14.8. The second-order valence-corrected chi connectivity index (χ2v) is 8.28. The molecule has 27 heavy (non-hydrogen) atoms. The zero-order chi connectivity index (χ0) is 18.5. The normalized spacial score (nSPS) is 26.0. The van der Waals surface area contributed by atoms with Crippen molar-refractivity contribution in [2.75, 3.05) is 25.0 Å². The third-order valence-electron chi connectivity index (χ3n) is 6.09. The molecular formula is C20H21N3O3S. The topological polar surface area (TPSA) is 72.9 Å². The van der Waals surface area contributed by atoms with Gasteiger partial charge in [-0.3, -0.25) is 4.79 Å². The molecule has 2 saturated heterocycles. The molecule has 2 fully saturated rings. The summed E-state index contributed by atoms with van der Waals surface area (Å²) < 4.78 is 0. The molecule has 2 aromatic rings. The van der Waals surface area contributed by atoms with E-state index in [4.69, 9.17) is 0 Å². The van der Waals surface area contributed by atoms with Gasteiger partial charge in [-0.1, -0.05) is 0 Å². The minimum Gasteiger partial charge on any atom is -0.465 e. The Morgan fingerprint density at radius 3 is 2.70 bits per heavy atom. The van der Waals surface area contributed by atoms with Gasteiger partial charge in [-0.2, -0.15) is 11.3 Å². The fourth-order valence-electron chi connectivity index (χ4n) is 4.61. The van der Waals surface area contributed by atoms with Gasteiger partial charge in [0.05, 0.1) is 12.1 Å². The van der Waals surface area contributed by atoms with Gasteiger partial charge in [0.1, 0.15) is 0 Å². The summed E-state index contributed by atoms with van der Waals surface area (Å²) in [6.07, 6.45) is 0.977. The largest absolute Gasteiger partial charge is 0.465 e. The van der Waals surface area contributed by atoms with Crippen molar-refractivity contribution in [1.82, 2.24) is 9.80 Å². The molecule has 0 spiro atoms. The smallest absolute Gasteiger partial charge is 0.407 e. The van der Waals surface area contributed by atoms with E-state index in [1.54, 1.807) is 16.2 Å². The van der Waals surface area contributed by atoms with Crippen molar-refractivity contribution < 1.29 is 14.7 Å².